The number of aromatic nitrogens is 3. The third-order valence-electron chi connectivity index (χ3n) is 6.39. The zero-order chi connectivity index (χ0) is 19.3. The van der Waals surface area contributed by atoms with Crippen LogP contribution in [0.3, 0.4) is 0 Å². The molecule has 1 N–H and O–H groups in total. The van der Waals surface area contributed by atoms with Crippen LogP contribution in [0.25, 0.3) is 22.2 Å². The van der Waals surface area contributed by atoms with Crippen LogP contribution in [0.4, 0.5) is 0 Å². The summed E-state index contributed by atoms with van der Waals surface area (Å²) in [5.74, 6) is -0.00214. The SMILES string of the molecule is CN1C2CCC1CC(NC(=O)c1cc(-c3cnn(C)c3)nc3ccccc13)C2. The summed E-state index contributed by atoms with van der Waals surface area (Å²) in [5.41, 5.74) is 3.22. The molecule has 2 unspecified atom stereocenters. The summed E-state index contributed by atoms with van der Waals surface area (Å²) in [5, 5.41) is 8.45. The Bertz CT molecular complexity index is 1030. The van der Waals surface area contributed by atoms with Crippen molar-refractivity contribution in [3.8, 4) is 11.3 Å². The van der Waals surface area contributed by atoms with Crippen LogP contribution in [-0.2, 0) is 7.05 Å². The first kappa shape index (κ1) is 17.4. The minimum atomic E-state index is -0.00214. The van der Waals surface area contributed by atoms with Crippen LogP contribution in [-0.4, -0.2) is 50.7 Å². The van der Waals surface area contributed by atoms with Gasteiger partial charge in [0.05, 0.1) is 23.0 Å². The first-order valence-corrected chi connectivity index (χ1v) is 10.00. The normalized spacial score (nSPS) is 24.6. The predicted octanol–water partition coefficient (Wildman–Crippen LogP) is 2.99. The second-order valence-electron chi connectivity index (χ2n) is 8.17. The third kappa shape index (κ3) is 2.98. The summed E-state index contributed by atoms with van der Waals surface area (Å²) in [6.07, 6.45) is 8.28. The third-order valence-corrected chi connectivity index (χ3v) is 6.39. The van der Waals surface area contributed by atoms with Crippen molar-refractivity contribution in [1.29, 1.82) is 0 Å². The number of amides is 1. The Labute approximate surface area is 164 Å². The Morgan fingerprint density at radius 3 is 2.61 bits per heavy atom. The van der Waals surface area contributed by atoms with E-state index in [0.717, 1.165) is 35.0 Å². The number of fused-ring (bicyclic) bond motifs is 3. The summed E-state index contributed by atoms with van der Waals surface area (Å²) in [7, 11) is 4.10. The molecule has 6 heteroatoms. The molecule has 28 heavy (non-hydrogen) atoms. The molecular formula is C22H25N5O. The number of carbonyl (C=O) groups excluding carboxylic acids is 1. The molecule has 1 aromatic carbocycles. The number of benzene rings is 1. The number of rotatable bonds is 3. The topological polar surface area (TPSA) is 63.1 Å². The van der Waals surface area contributed by atoms with Gasteiger partial charge >= 0.3 is 0 Å². The minimum absolute atomic E-state index is 0.00214. The zero-order valence-electron chi connectivity index (χ0n) is 16.3. The summed E-state index contributed by atoms with van der Waals surface area (Å²) in [6.45, 7) is 0. The van der Waals surface area contributed by atoms with E-state index in [1.54, 1.807) is 10.9 Å². The van der Waals surface area contributed by atoms with E-state index in [4.69, 9.17) is 4.98 Å². The first-order valence-electron chi connectivity index (χ1n) is 10.00. The molecular weight excluding hydrogens is 350 g/mol. The Morgan fingerprint density at radius 1 is 1.14 bits per heavy atom. The van der Waals surface area contributed by atoms with Crippen molar-refractivity contribution in [2.24, 2.45) is 7.05 Å². The van der Waals surface area contributed by atoms with Gasteiger partial charge < -0.3 is 10.2 Å². The summed E-state index contributed by atoms with van der Waals surface area (Å²) < 4.78 is 1.75. The largest absolute Gasteiger partial charge is 0.349 e. The fourth-order valence-electron chi connectivity index (χ4n) is 4.86. The average molecular weight is 375 g/mol. The lowest BCUT2D eigenvalue weighted by Crippen LogP contribution is -2.48. The van der Waals surface area contributed by atoms with Crippen molar-refractivity contribution in [2.45, 2.75) is 43.8 Å². The van der Waals surface area contributed by atoms with E-state index in [1.165, 1.54) is 12.8 Å². The maximum Gasteiger partial charge on any atom is 0.252 e. The maximum absolute atomic E-state index is 13.3. The van der Waals surface area contributed by atoms with Crippen molar-refractivity contribution in [1.82, 2.24) is 25.0 Å². The summed E-state index contributed by atoms with van der Waals surface area (Å²) >= 11 is 0. The molecule has 0 aliphatic carbocycles. The van der Waals surface area contributed by atoms with Gasteiger partial charge in [0.1, 0.15) is 0 Å². The van der Waals surface area contributed by atoms with Crippen LogP contribution < -0.4 is 5.32 Å². The molecule has 5 rings (SSSR count). The fourth-order valence-corrected chi connectivity index (χ4v) is 4.86. The highest BCUT2D eigenvalue weighted by molar-refractivity contribution is 6.07. The van der Waals surface area contributed by atoms with E-state index in [9.17, 15) is 4.79 Å². The number of hydrogen-bond acceptors (Lipinski definition) is 4. The molecule has 4 heterocycles. The smallest absolute Gasteiger partial charge is 0.252 e. The van der Waals surface area contributed by atoms with E-state index in [1.807, 2.05) is 43.6 Å². The molecule has 2 fully saturated rings. The molecule has 144 valence electrons. The molecule has 0 saturated carbocycles. The Kier molecular flexibility index (Phi) is 4.16. The number of aryl methyl sites for hydroxylation is 1. The van der Waals surface area contributed by atoms with Gasteiger partial charge in [-0.05, 0) is 44.9 Å². The molecule has 1 amide bonds. The van der Waals surface area contributed by atoms with E-state index in [2.05, 4.69) is 22.4 Å². The summed E-state index contributed by atoms with van der Waals surface area (Å²) in [4.78, 5) is 20.5. The van der Waals surface area contributed by atoms with Gasteiger partial charge in [-0.1, -0.05) is 18.2 Å². The molecule has 2 saturated heterocycles. The molecule has 2 aliphatic rings. The maximum atomic E-state index is 13.3. The zero-order valence-corrected chi connectivity index (χ0v) is 16.3. The average Bonchev–Trinajstić information content (AvgIpc) is 3.20. The highest BCUT2D eigenvalue weighted by atomic mass is 16.1. The number of para-hydroxylation sites is 1. The highest BCUT2D eigenvalue weighted by Crippen LogP contribution is 2.34. The van der Waals surface area contributed by atoms with Gasteiger partial charge in [-0.2, -0.15) is 5.10 Å². The molecule has 0 spiro atoms. The Balaban J connectivity index is 1.48. The molecule has 2 aromatic heterocycles. The number of hydrogen-bond donors (Lipinski definition) is 1. The van der Waals surface area contributed by atoms with Crippen LogP contribution in [0.15, 0.2) is 42.7 Å². The molecule has 2 atom stereocenters. The van der Waals surface area contributed by atoms with Gasteiger partial charge in [0.15, 0.2) is 0 Å². The lowest BCUT2D eigenvalue weighted by molar-refractivity contribution is 0.0884. The number of nitrogens with zero attached hydrogens (tertiary/aromatic N) is 4. The fraction of sp³-hybridized carbons (Fsp3) is 0.409. The molecule has 6 nitrogen and oxygen atoms in total. The van der Waals surface area contributed by atoms with Crippen molar-refractivity contribution in [3.05, 3.63) is 48.3 Å². The van der Waals surface area contributed by atoms with E-state index in [-0.39, 0.29) is 11.9 Å². The van der Waals surface area contributed by atoms with Gasteiger partial charge in [0.25, 0.3) is 5.91 Å². The van der Waals surface area contributed by atoms with Gasteiger partial charge in [0, 0.05) is 42.3 Å². The van der Waals surface area contributed by atoms with E-state index >= 15 is 0 Å². The Morgan fingerprint density at radius 2 is 1.89 bits per heavy atom. The van der Waals surface area contributed by atoms with Crippen molar-refractivity contribution < 1.29 is 4.79 Å². The summed E-state index contributed by atoms with van der Waals surface area (Å²) in [6, 6.07) is 11.2. The van der Waals surface area contributed by atoms with E-state index in [0.29, 0.717) is 17.6 Å². The standard InChI is InChI=1S/C22H25N5O/c1-26-13-14(12-23-26)21-11-19(18-5-3-4-6-20(18)25-21)22(28)24-15-9-16-7-8-17(10-15)27(16)2/h3-6,11-13,15-17H,7-10H2,1-2H3,(H,24,28). The lowest BCUT2D eigenvalue weighted by atomic mass is 9.97. The van der Waals surface area contributed by atoms with Crippen molar-refractivity contribution in [3.63, 3.8) is 0 Å². The van der Waals surface area contributed by atoms with E-state index < -0.39 is 0 Å². The van der Waals surface area contributed by atoms with Crippen LogP contribution >= 0.6 is 0 Å². The number of pyridine rings is 1. The minimum Gasteiger partial charge on any atom is -0.349 e. The lowest BCUT2D eigenvalue weighted by Gasteiger charge is -2.36. The number of carbonyl (C=O) groups is 1. The van der Waals surface area contributed by atoms with Crippen LogP contribution in [0.2, 0.25) is 0 Å². The quantitative estimate of drug-likeness (QED) is 0.764. The van der Waals surface area contributed by atoms with Gasteiger partial charge in [0.2, 0.25) is 0 Å². The second kappa shape index (κ2) is 6.71. The van der Waals surface area contributed by atoms with Crippen molar-refractivity contribution in [2.75, 3.05) is 7.05 Å². The van der Waals surface area contributed by atoms with Crippen molar-refractivity contribution >= 4 is 16.8 Å². The molecule has 3 aromatic rings. The molecule has 0 radical (unpaired) electrons. The highest BCUT2D eigenvalue weighted by Gasteiger charge is 2.38. The van der Waals surface area contributed by atoms with Crippen LogP contribution in [0.5, 0.6) is 0 Å². The van der Waals surface area contributed by atoms with Gasteiger partial charge in [-0.25, -0.2) is 4.98 Å². The second-order valence-corrected chi connectivity index (χ2v) is 8.17. The predicted molar refractivity (Wildman–Crippen MR) is 109 cm³/mol. The van der Waals surface area contributed by atoms with Gasteiger partial charge in [-0.15, -0.1) is 0 Å². The number of piperidine rings is 1. The molecule has 2 aliphatic heterocycles. The number of nitrogens with one attached hydrogen (secondary N) is 1. The van der Waals surface area contributed by atoms with Gasteiger partial charge in [-0.3, -0.25) is 9.48 Å². The first-order chi connectivity index (χ1) is 13.6. The van der Waals surface area contributed by atoms with Crippen LogP contribution in [0, 0.1) is 0 Å². The molecule has 2 bridgehead atoms. The monoisotopic (exact) mass is 375 g/mol. The van der Waals surface area contributed by atoms with Crippen LogP contribution in [0.1, 0.15) is 36.0 Å². The Hall–Kier alpha value is -2.73.